The van der Waals surface area contributed by atoms with Gasteiger partial charge in [0.25, 0.3) is 0 Å². The molecule has 0 saturated carbocycles. The summed E-state index contributed by atoms with van der Waals surface area (Å²) in [6.07, 6.45) is 2.58. The monoisotopic (exact) mass is 444 g/mol. The van der Waals surface area contributed by atoms with Crippen LogP contribution in [0, 0.1) is 6.92 Å². The van der Waals surface area contributed by atoms with E-state index in [2.05, 4.69) is 9.97 Å². The molecule has 0 aliphatic carbocycles. The summed E-state index contributed by atoms with van der Waals surface area (Å²) >= 11 is 5.93. The molecule has 0 N–H and O–H groups in total. The normalized spacial score (nSPS) is 12.9. The number of nitrogens with zero attached hydrogens (tertiary/aromatic N) is 2. The maximum atomic E-state index is 11.9. The molecule has 2 heterocycles. The van der Waals surface area contributed by atoms with Gasteiger partial charge in [0.2, 0.25) is 11.8 Å². The average Bonchev–Trinajstić information content (AvgIpc) is 3.15. The molecule has 8 heteroatoms. The number of benzene rings is 1. The molecule has 3 aromatic rings. The Morgan fingerprint density at radius 3 is 2.52 bits per heavy atom. The van der Waals surface area contributed by atoms with E-state index in [9.17, 15) is 4.79 Å². The second-order valence-electron chi connectivity index (χ2n) is 7.24. The molecule has 1 unspecified atom stereocenters. The Bertz CT molecular complexity index is 1020. The highest BCUT2D eigenvalue weighted by Gasteiger charge is 2.34. The number of aryl methyl sites for hydroxylation is 1. The van der Waals surface area contributed by atoms with Crippen molar-refractivity contribution in [3.8, 4) is 17.3 Å². The number of carbonyl (C=O) groups is 1. The Morgan fingerprint density at radius 1 is 1.16 bits per heavy atom. The van der Waals surface area contributed by atoms with Gasteiger partial charge in [-0.2, -0.15) is 0 Å². The molecule has 0 bridgehead atoms. The van der Waals surface area contributed by atoms with E-state index in [0.29, 0.717) is 36.2 Å². The van der Waals surface area contributed by atoms with Crippen molar-refractivity contribution in [2.45, 2.75) is 32.3 Å². The molecule has 0 amide bonds. The first-order valence-corrected chi connectivity index (χ1v) is 10.2. The average molecular weight is 445 g/mol. The molecule has 1 aromatic carbocycles. The molecule has 0 spiro atoms. The van der Waals surface area contributed by atoms with Crippen molar-refractivity contribution in [3.63, 3.8) is 0 Å². The number of hydrogen-bond acceptors (Lipinski definition) is 7. The minimum Gasteiger partial charge on any atom is -0.477 e. The van der Waals surface area contributed by atoms with Gasteiger partial charge in [-0.1, -0.05) is 17.7 Å². The molecule has 7 nitrogen and oxygen atoms in total. The van der Waals surface area contributed by atoms with E-state index in [1.807, 2.05) is 25.1 Å². The van der Waals surface area contributed by atoms with Crippen molar-refractivity contribution in [1.82, 2.24) is 9.97 Å². The van der Waals surface area contributed by atoms with Crippen LogP contribution in [-0.2, 0) is 27.1 Å². The summed E-state index contributed by atoms with van der Waals surface area (Å²) in [5, 5.41) is 0.663. The molecule has 0 fully saturated rings. The highest BCUT2D eigenvalue weighted by Crippen LogP contribution is 2.24. The lowest BCUT2D eigenvalue weighted by Crippen LogP contribution is -2.40. The van der Waals surface area contributed by atoms with Crippen molar-refractivity contribution >= 4 is 17.6 Å². The van der Waals surface area contributed by atoms with Gasteiger partial charge in [-0.25, -0.2) is 14.8 Å². The Morgan fingerprint density at radius 2 is 1.90 bits per heavy atom. The van der Waals surface area contributed by atoms with Gasteiger partial charge < -0.3 is 18.6 Å². The third kappa shape index (κ3) is 5.62. The van der Waals surface area contributed by atoms with Crippen LogP contribution in [-0.4, -0.2) is 42.4 Å². The largest absolute Gasteiger partial charge is 0.477 e. The van der Waals surface area contributed by atoms with Crippen molar-refractivity contribution in [2.75, 3.05) is 20.8 Å². The summed E-state index contributed by atoms with van der Waals surface area (Å²) in [5.41, 5.74) is 1.47. The minimum absolute atomic E-state index is 0.342. The van der Waals surface area contributed by atoms with Crippen LogP contribution in [0.15, 0.2) is 47.0 Å². The first-order chi connectivity index (χ1) is 14.8. The molecular weight excluding hydrogens is 420 g/mol. The van der Waals surface area contributed by atoms with E-state index in [1.165, 1.54) is 14.2 Å². The summed E-state index contributed by atoms with van der Waals surface area (Å²) in [6.45, 7) is 3.96. The van der Waals surface area contributed by atoms with Gasteiger partial charge in [-0.05, 0) is 43.7 Å². The molecule has 164 valence electrons. The van der Waals surface area contributed by atoms with Crippen LogP contribution in [0.25, 0.3) is 11.5 Å². The third-order valence-electron chi connectivity index (χ3n) is 4.98. The fraction of sp³-hybridized carbons (Fsp3) is 0.348. The number of ether oxygens (including phenoxy) is 3. The minimum atomic E-state index is -1.06. The van der Waals surface area contributed by atoms with E-state index in [0.717, 1.165) is 22.6 Å². The second kappa shape index (κ2) is 9.94. The maximum absolute atomic E-state index is 11.9. The molecule has 3 rings (SSSR count). The van der Waals surface area contributed by atoms with Crippen LogP contribution in [0.2, 0.25) is 5.02 Å². The van der Waals surface area contributed by atoms with E-state index < -0.39 is 11.6 Å². The van der Waals surface area contributed by atoms with Crippen molar-refractivity contribution in [2.24, 2.45) is 0 Å². The molecule has 0 saturated heterocycles. The van der Waals surface area contributed by atoms with Gasteiger partial charge >= 0.3 is 5.97 Å². The van der Waals surface area contributed by atoms with E-state index >= 15 is 0 Å². The molecule has 1 atom stereocenters. The lowest BCUT2D eigenvalue weighted by Gasteiger charge is -2.24. The van der Waals surface area contributed by atoms with Gasteiger partial charge in [0.05, 0.1) is 19.4 Å². The number of aromatic nitrogens is 2. The van der Waals surface area contributed by atoms with Crippen LogP contribution >= 0.6 is 11.6 Å². The molecule has 0 aliphatic heterocycles. The van der Waals surface area contributed by atoms with Crippen LogP contribution in [0.5, 0.6) is 5.88 Å². The molecule has 31 heavy (non-hydrogen) atoms. The zero-order chi connectivity index (χ0) is 22.4. The molecule has 2 aromatic heterocycles. The van der Waals surface area contributed by atoms with Gasteiger partial charge in [-0.3, -0.25) is 0 Å². The third-order valence-corrected chi connectivity index (χ3v) is 5.23. The SMILES string of the molecule is COC(=O)C(C)(Cc1ccc(OCCc2nc(-c3ccc(Cl)cc3)oc2C)nc1)OC. The van der Waals surface area contributed by atoms with Crippen LogP contribution < -0.4 is 4.74 Å². The number of halogens is 1. The first kappa shape index (κ1) is 22.8. The quantitative estimate of drug-likeness (QED) is 0.451. The predicted molar refractivity (Wildman–Crippen MR) is 116 cm³/mol. The molecule has 0 aliphatic rings. The Kier molecular flexibility index (Phi) is 7.30. The van der Waals surface area contributed by atoms with Gasteiger partial charge in [0.1, 0.15) is 5.76 Å². The number of methoxy groups -OCH3 is 2. The summed E-state index contributed by atoms with van der Waals surface area (Å²) in [4.78, 5) is 20.8. The Balaban J connectivity index is 1.56. The smallest absolute Gasteiger partial charge is 0.338 e. The molecular formula is C23H25ClN2O5. The lowest BCUT2D eigenvalue weighted by atomic mass is 9.97. The number of carbonyl (C=O) groups excluding carboxylic acids is 1. The maximum Gasteiger partial charge on any atom is 0.338 e. The zero-order valence-electron chi connectivity index (χ0n) is 18.0. The highest BCUT2D eigenvalue weighted by molar-refractivity contribution is 6.30. The van der Waals surface area contributed by atoms with Gasteiger partial charge in [0, 0.05) is 42.8 Å². The van der Waals surface area contributed by atoms with E-state index in [-0.39, 0.29) is 0 Å². The number of pyridine rings is 1. The zero-order valence-corrected chi connectivity index (χ0v) is 18.7. The summed E-state index contributed by atoms with van der Waals surface area (Å²) in [6, 6.07) is 11.0. The number of hydrogen-bond donors (Lipinski definition) is 0. The van der Waals surface area contributed by atoms with Crippen LogP contribution in [0.4, 0.5) is 0 Å². The fourth-order valence-electron chi connectivity index (χ4n) is 3.06. The predicted octanol–water partition coefficient (Wildman–Crippen LogP) is 4.44. The summed E-state index contributed by atoms with van der Waals surface area (Å²) in [7, 11) is 2.82. The van der Waals surface area contributed by atoms with Crippen molar-refractivity contribution in [3.05, 3.63) is 64.6 Å². The van der Waals surface area contributed by atoms with Crippen molar-refractivity contribution < 1.29 is 23.4 Å². The van der Waals surface area contributed by atoms with E-state index in [1.54, 1.807) is 31.3 Å². The Labute approximate surface area is 186 Å². The topological polar surface area (TPSA) is 83.7 Å². The standard InChI is InChI=1S/C23H25ClN2O5/c1-15-19(26-21(31-15)17-6-8-18(24)9-7-17)11-12-30-20-10-5-16(14-25-20)13-23(2,29-4)22(27)28-3/h5-10,14H,11-13H2,1-4H3. The number of esters is 1. The fourth-order valence-corrected chi connectivity index (χ4v) is 3.19. The second-order valence-corrected chi connectivity index (χ2v) is 7.67. The molecule has 0 radical (unpaired) electrons. The van der Waals surface area contributed by atoms with Gasteiger partial charge in [-0.15, -0.1) is 0 Å². The van der Waals surface area contributed by atoms with Crippen LogP contribution in [0.1, 0.15) is 23.9 Å². The van der Waals surface area contributed by atoms with Crippen LogP contribution in [0.3, 0.4) is 0 Å². The lowest BCUT2D eigenvalue weighted by molar-refractivity contribution is -0.163. The number of rotatable bonds is 9. The summed E-state index contributed by atoms with van der Waals surface area (Å²) < 4.78 is 21.7. The van der Waals surface area contributed by atoms with Crippen molar-refractivity contribution in [1.29, 1.82) is 0 Å². The van der Waals surface area contributed by atoms with E-state index in [4.69, 9.17) is 30.2 Å². The highest BCUT2D eigenvalue weighted by atomic mass is 35.5. The first-order valence-electron chi connectivity index (χ1n) is 9.78. The summed E-state index contributed by atoms with van der Waals surface area (Å²) in [5.74, 6) is 1.35. The number of oxazole rings is 1. The van der Waals surface area contributed by atoms with Gasteiger partial charge in [0.15, 0.2) is 5.60 Å². The Hall–Kier alpha value is -2.90.